The molecule has 0 atom stereocenters. The summed E-state index contributed by atoms with van der Waals surface area (Å²) in [6.45, 7) is 11.2. The smallest absolute Gasteiger partial charge is 0.0562 e. The van der Waals surface area contributed by atoms with Crippen LogP contribution in [-0.4, -0.2) is 0 Å². The summed E-state index contributed by atoms with van der Waals surface area (Å²) < 4.78 is 0. The first-order valence-corrected chi connectivity index (χ1v) is 21.4. The monoisotopic (exact) mass is 801 g/mol. The quantitative estimate of drug-likeness (QED) is 0.129. The molecule has 0 spiro atoms. The molecule has 0 aliphatic rings. The number of hydrogen-bond donors (Lipinski definition) is 0. The predicted octanol–water partition coefficient (Wildman–Crippen LogP) is 17.0. The summed E-state index contributed by atoms with van der Waals surface area (Å²) in [5.41, 5.74) is 20.5. The second-order valence-corrected chi connectivity index (χ2v) is 16.1. The number of anilines is 9. The van der Waals surface area contributed by atoms with Crippen molar-refractivity contribution >= 4 is 51.2 Å². The van der Waals surface area contributed by atoms with E-state index in [-0.39, 0.29) is 0 Å². The maximum absolute atomic E-state index is 2.47. The van der Waals surface area contributed by atoms with Gasteiger partial charge in [0.25, 0.3) is 0 Å². The van der Waals surface area contributed by atoms with Crippen molar-refractivity contribution in [1.29, 1.82) is 0 Å². The molecule has 0 amide bonds. The minimum Gasteiger partial charge on any atom is -0.310 e. The lowest BCUT2D eigenvalue weighted by atomic mass is 9.93. The van der Waals surface area contributed by atoms with E-state index in [0.29, 0.717) is 0 Å². The first kappa shape index (κ1) is 39.8. The van der Waals surface area contributed by atoms with Gasteiger partial charge in [0.15, 0.2) is 0 Å². The van der Waals surface area contributed by atoms with Crippen molar-refractivity contribution in [3.05, 3.63) is 246 Å². The molecule has 0 heterocycles. The minimum atomic E-state index is 1.08. The molecular formula is C59H51N3. The zero-order valence-electron chi connectivity index (χ0n) is 36.1. The molecule has 3 nitrogen and oxygen atoms in total. The number of rotatable bonds is 11. The molecule has 62 heavy (non-hydrogen) atoms. The Kier molecular flexibility index (Phi) is 11.3. The predicted molar refractivity (Wildman–Crippen MR) is 265 cm³/mol. The van der Waals surface area contributed by atoms with Gasteiger partial charge in [0, 0.05) is 34.1 Å². The number of hydrogen-bond acceptors (Lipinski definition) is 3. The van der Waals surface area contributed by atoms with Crippen molar-refractivity contribution in [1.82, 2.24) is 0 Å². The second kappa shape index (κ2) is 17.5. The highest BCUT2D eigenvalue weighted by molar-refractivity contribution is 5.97. The van der Waals surface area contributed by atoms with E-state index in [1.165, 1.54) is 38.9 Å². The largest absolute Gasteiger partial charge is 0.310 e. The third-order valence-electron chi connectivity index (χ3n) is 11.8. The molecule has 0 N–H and O–H groups in total. The van der Waals surface area contributed by atoms with Gasteiger partial charge in [0.2, 0.25) is 0 Å². The summed E-state index contributed by atoms with van der Waals surface area (Å²) in [4.78, 5) is 7.40. The van der Waals surface area contributed by atoms with Gasteiger partial charge in [-0.1, -0.05) is 157 Å². The topological polar surface area (TPSA) is 9.72 Å². The van der Waals surface area contributed by atoms with Gasteiger partial charge < -0.3 is 14.7 Å². The molecule has 9 aromatic carbocycles. The number of nitrogens with zero attached hydrogens (tertiary/aromatic N) is 3. The van der Waals surface area contributed by atoms with Crippen LogP contribution in [0.2, 0.25) is 0 Å². The van der Waals surface area contributed by atoms with Gasteiger partial charge in [0.05, 0.1) is 17.1 Å². The van der Waals surface area contributed by atoms with Gasteiger partial charge in [-0.15, -0.1) is 0 Å². The van der Waals surface area contributed by atoms with Crippen molar-refractivity contribution in [2.45, 2.75) is 34.6 Å². The lowest BCUT2D eigenvalue weighted by molar-refractivity contribution is 1.13. The highest BCUT2D eigenvalue weighted by Gasteiger charge is 2.31. The summed E-state index contributed by atoms with van der Waals surface area (Å²) >= 11 is 0. The molecule has 0 aliphatic carbocycles. The summed E-state index contributed by atoms with van der Waals surface area (Å²) in [5, 5.41) is 0. The Morgan fingerprint density at radius 1 is 0.226 bits per heavy atom. The summed E-state index contributed by atoms with van der Waals surface area (Å²) in [6, 6.07) is 78.8. The van der Waals surface area contributed by atoms with E-state index in [2.05, 4.69) is 268 Å². The third-order valence-corrected chi connectivity index (χ3v) is 11.8. The molecule has 3 heteroatoms. The molecule has 0 aliphatic heterocycles. The third kappa shape index (κ3) is 7.89. The van der Waals surface area contributed by atoms with Crippen LogP contribution in [0.3, 0.4) is 0 Å². The van der Waals surface area contributed by atoms with Crippen LogP contribution in [0.15, 0.2) is 218 Å². The first-order chi connectivity index (χ1) is 30.4. The second-order valence-electron chi connectivity index (χ2n) is 16.1. The van der Waals surface area contributed by atoms with Gasteiger partial charge in [-0.2, -0.15) is 0 Å². The molecule has 0 fully saturated rings. The number of para-hydroxylation sites is 2. The Bertz CT molecular complexity index is 2730. The highest BCUT2D eigenvalue weighted by atomic mass is 15.2. The van der Waals surface area contributed by atoms with Crippen LogP contribution in [0.1, 0.15) is 27.8 Å². The van der Waals surface area contributed by atoms with Gasteiger partial charge >= 0.3 is 0 Å². The molecule has 0 unspecified atom stereocenters. The fourth-order valence-electron chi connectivity index (χ4n) is 8.86. The highest BCUT2D eigenvalue weighted by Crippen LogP contribution is 2.53. The van der Waals surface area contributed by atoms with Gasteiger partial charge in [0.1, 0.15) is 0 Å². The fraction of sp³-hybridized carbons (Fsp3) is 0.0847. The first-order valence-electron chi connectivity index (χ1n) is 21.4. The van der Waals surface area contributed by atoms with Gasteiger partial charge in [-0.25, -0.2) is 0 Å². The van der Waals surface area contributed by atoms with Crippen LogP contribution in [0, 0.1) is 34.6 Å². The Hall–Kier alpha value is -7.62. The molecule has 9 rings (SSSR count). The Morgan fingerprint density at radius 3 is 0.823 bits per heavy atom. The number of benzene rings is 9. The lowest BCUT2D eigenvalue weighted by Crippen LogP contribution is -2.22. The molecule has 0 aromatic heterocycles. The Balaban J connectivity index is 1.40. The van der Waals surface area contributed by atoms with Crippen molar-refractivity contribution in [2.75, 3.05) is 14.7 Å². The maximum atomic E-state index is 2.47. The zero-order chi connectivity index (χ0) is 42.6. The van der Waals surface area contributed by atoms with E-state index in [0.717, 1.165) is 62.3 Å². The molecular weight excluding hydrogens is 751 g/mol. The molecule has 0 radical (unpaired) electrons. The van der Waals surface area contributed by atoms with E-state index < -0.39 is 0 Å². The van der Waals surface area contributed by atoms with Gasteiger partial charge in [-0.05, 0) is 146 Å². The van der Waals surface area contributed by atoms with Gasteiger partial charge in [-0.3, -0.25) is 0 Å². The lowest BCUT2D eigenvalue weighted by Gasteiger charge is -2.38. The standard InChI is InChI=1S/C59H51N3/c1-42-32-36-53(37-33-42)60(54-38-34-43(2)35-39-54)57-44(3)58(61(51-26-14-8-15-27-51)55-30-18-24-49(40-55)47-20-10-6-11-21-47)46(5)59(45(57)4)62(52-28-16-9-17-29-52)56-31-19-25-50(41-56)48-22-12-7-13-23-48/h6-41H,1-5H3. The summed E-state index contributed by atoms with van der Waals surface area (Å²) in [6.07, 6.45) is 0. The SMILES string of the molecule is Cc1ccc(N(c2ccc(C)cc2)c2c(C)c(N(c3ccccc3)c3cccc(-c4ccccc4)c3)c(C)c(N(c3ccccc3)c3cccc(-c4ccccc4)c3)c2C)cc1. The molecule has 0 bridgehead atoms. The van der Waals surface area contributed by atoms with E-state index in [1.807, 2.05) is 0 Å². The van der Waals surface area contributed by atoms with E-state index >= 15 is 0 Å². The number of aryl methyl sites for hydroxylation is 2. The van der Waals surface area contributed by atoms with Crippen LogP contribution >= 0.6 is 0 Å². The van der Waals surface area contributed by atoms with E-state index in [9.17, 15) is 0 Å². The van der Waals surface area contributed by atoms with Crippen LogP contribution in [0.5, 0.6) is 0 Å². The van der Waals surface area contributed by atoms with E-state index in [4.69, 9.17) is 0 Å². The van der Waals surface area contributed by atoms with Crippen molar-refractivity contribution in [2.24, 2.45) is 0 Å². The van der Waals surface area contributed by atoms with Crippen LogP contribution in [-0.2, 0) is 0 Å². The molecule has 0 saturated carbocycles. The fourth-order valence-corrected chi connectivity index (χ4v) is 8.86. The Labute approximate surface area is 367 Å². The summed E-state index contributed by atoms with van der Waals surface area (Å²) in [7, 11) is 0. The van der Waals surface area contributed by atoms with E-state index in [1.54, 1.807) is 0 Å². The molecule has 302 valence electrons. The Morgan fingerprint density at radius 2 is 0.484 bits per heavy atom. The van der Waals surface area contributed by atoms with Crippen molar-refractivity contribution in [3.63, 3.8) is 0 Å². The van der Waals surface area contributed by atoms with Crippen molar-refractivity contribution in [3.8, 4) is 22.3 Å². The van der Waals surface area contributed by atoms with Crippen molar-refractivity contribution < 1.29 is 0 Å². The average molecular weight is 802 g/mol. The normalized spacial score (nSPS) is 11.0. The molecule has 9 aromatic rings. The van der Waals surface area contributed by atoms with Crippen LogP contribution in [0.25, 0.3) is 22.3 Å². The molecule has 0 saturated heterocycles. The minimum absolute atomic E-state index is 1.08. The average Bonchev–Trinajstić information content (AvgIpc) is 3.32. The zero-order valence-corrected chi connectivity index (χ0v) is 36.1. The summed E-state index contributed by atoms with van der Waals surface area (Å²) in [5.74, 6) is 0. The van der Waals surface area contributed by atoms with Crippen LogP contribution < -0.4 is 14.7 Å². The maximum Gasteiger partial charge on any atom is 0.0562 e. The van der Waals surface area contributed by atoms with Crippen LogP contribution in [0.4, 0.5) is 51.2 Å².